The Bertz CT molecular complexity index is 937. The van der Waals surface area contributed by atoms with Gasteiger partial charge in [0.1, 0.15) is 5.82 Å². The van der Waals surface area contributed by atoms with Gasteiger partial charge in [0, 0.05) is 12.2 Å². The Labute approximate surface area is 153 Å². The van der Waals surface area contributed by atoms with E-state index in [1.807, 2.05) is 17.1 Å². The second-order valence-electron chi connectivity index (χ2n) is 7.06. The van der Waals surface area contributed by atoms with E-state index in [1.54, 1.807) is 24.3 Å². The highest BCUT2D eigenvalue weighted by atomic mass is 32.2. The molecule has 0 spiro atoms. The van der Waals surface area contributed by atoms with Gasteiger partial charge in [-0.2, -0.15) is 5.10 Å². The highest BCUT2D eigenvalue weighted by Gasteiger charge is 2.39. The van der Waals surface area contributed by atoms with E-state index in [0.29, 0.717) is 10.8 Å². The zero-order valence-electron chi connectivity index (χ0n) is 14.6. The Morgan fingerprint density at radius 3 is 2.31 bits per heavy atom. The highest BCUT2D eigenvalue weighted by molar-refractivity contribution is 7.90. The second kappa shape index (κ2) is 6.50. The van der Waals surface area contributed by atoms with Crippen molar-refractivity contribution >= 4 is 21.2 Å². The first-order chi connectivity index (χ1) is 12.4. The van der Waals surface area contributed by atoms with Crippen molar-refractivity contribution in [3.05, 3.63) is 59.9 Å². The maximum atomic E-state index is 13.3. The molecule has 2 unspecified atom stereocenters. The number of benzene rings is 2. The number of nitrogens with zero attached hydrogens (tertiary/aromatic N) is 2. The van der Waals surface area contributed by atoms with Crippen LogP contribution in [0.3, 0.4) is 0 Å². The van der Waals surface area contributed by atoms with Crippen LogP contribution < -0.4 is 5.01 Å². The molecule has 0 saturated heterocycles. The maximum Gasteiger partial charge on any atom is 0.175 e. The number of halogens is 1. The Morgan fingerprint density at radius 1 is 1.00 bits per heavy atom. The lowest BCUT2D eigenvalue weighted by molar-refractivity contribution is 0.383. The van der Waals surface area contributed by atoms with Crippen LogP contribution in [0.25, 0.3) is 0 Å². The van der Waals surface area contributed by atoms with Gasteiger partial charge in [0.15, 0.2) is 9.84 Å². The molecule has 4 rings (SSSR count). The molecule has 1 saturated carbocycles. The number of hydrogen-bond acceptors (Lipinski definition) is 4. The summed E-state index contributed by atoms with van der Waals surface area (Å²) in [6.07, 6.45) is 5.65. The number of fused-ring (bicyclic) bond motifs is 1. The molecule has 136 valence electrons. The molecule has 0 aromatic heterocycles. The third kappa shape index (κ3) is 3.14. The van der Waals surface area contributed by atoms with E-state index < -0.39 is 9.84 Å². The monoisotopic (exact) mass is 372 g/mol. The van der Waals surface area contributed by atoms with Crippen molar-refractivity contribution in [2.75, 3.05) is 11.3 Å². The molecule has 26 heavy (non-hydrogen) atoms. The van der Waals surface area contributed by atoms with Crippen LogP contribution in [0.2, 0.25) is 0 Å². The average molecular weight is 372 g/mol. The molecule has 1 heterocycles. The van der Waals surface area contributed by atoms with Crippen LogP contribution in [0.1, 0.15) is 31.2 Å². The molecular formula is C20H21FN2O2S. The third-order valence-electron chi connectivity index (χ3n) is 5.28. The third-order valence-corrected chi connectivity index (χ3v) is 6.41. The molecule has 0 N–H and O–H groups in total. The van der Waals surface area contributed by atoms with Crippen molar-refractivity contribution in [1.82, 2.24) is 0 Å². The SMILES string of the molecule is CS(=O)(=O)c1ccc(N2N=C(c3ccc(F)cc3)C3CCCCC32)cc1. The summed E-state index contributed by atoms with van der Waals surface area (Å²) in [6.45, 7) is 0. The predicted octanol–water partition coefficient (Wildman–Crippen LogP) is 4.01. The van der Waals surface area contributed by atoms with Crippen LogP contribution in [-0.4, -0.2) is 26.4 Å². The molecule has 1 aliphatic heterocycles. The van der Waals surface area contributed by atoms with Crippen molar-refractivity contribution in [1.29, 1.82) is 0 Å². The Balaban J connectivity index is 1.71. The molecule has 0 radical (unpaired) electrons. The Hall–Kier alpha value is -2.21. The van der Waals surface area contributed by atoms with Crippen LogP contribution >= 0.6 is 0 Å². The fourth-order valence-corrected chi connectivity index (χ4v) is 4.61. The molecule has 6 heteroatoms. The van der Waals surface area contributed by atoms with Crippen LogP contribution in [0, 0.1) is 11.7 Å². The summed E-state index contributed by atoms with van der Waals surface area (Å²) in [4.78, 5) is 0.309. The fraction of sp³-hybridized carbons (Fsp3) is 0.350. The quantitative estimate of drug-likeness (QED) is 0.818. The van der Waals surface area contributed by atoms with Crippen molar-refractivity contribution < 1.29 is 12.8 Å². The van der Waals surface area contributed by atoms with Gasteiger partial charge in [0.25, 0.3) is 0 Å². The zero-order valence-corrected chi connectivity index (χ0v) is 15.4. The van der Waals surface area contributed by atoms with Gasteiger partial charge in [-0.05, 0) is 54.8 Å². The number of sulfone groups is 1. The van der Waals surface area contributed by atoms with E-state index >= 15 is 0 Å². The lowest BCUT2D eigenvalue weighted by Gasteiger charge is -2.31. The summed E-state index contributed by atoms with van der Waals surface area (Å²) in [6, 6.07) is 13.7. The highest BCUT2D eigenvalue weighted by Crippen LogP contribution is 2.39. The minimum atomic E-state index is -3.21. The Morgan fingerprint density at radius 2 is 1.65 bits per heavy atom. The molecule has 1 aliphatic carbocycles. The molecule has 2 aliphatic rings. The lowest BCUT2D eigenvalue weighted by atomic mass is 9.80. The smallest absolute Gasteiger partial charge is 0.175 e. The summed E-state index contributed by atoms with van der Waals surface area (Å²) in [7, 11) is -3.21. The van der Waals surface area contributed by atoms with Gasteiger partial charge in [-0.25, -0.2) is 12.8 Å². The summed E-state index contributed by atoms with van der Waals surface area (Å²) in [5.74, 6) is 0.0737. The van der Waals surface area contributed by atoms with Crippen LogP contribution in [0.4, 0.5) is 10.1 Å². The van der Waals surface area contributed by atoms with E-state index in [2.05, 4.69) is 0 Å². The van der Waals surface area contributed by atoms with Gasteiger partial charge in [-0.3, -0.25) is 5.01 Å². The van der Waals surface area contributed by atoms with Crippen molar-refractivity contribution in [2.24, 2.45) is 11.0 Å². The molecule has 2 aromatic carbocycles. The molecule has 2 atom stereocenters. The first-order valence-electron chi connectivity index (χ1n) is 8.87. The van der Waals surface area contributed by atoms with E-state index in [1.165, 1.54) is 24.8 Å². The number of hydrazone groups is 1. The van der Waals surface area contributed by atoms with Gasteiger partial charge in [-0.1, -0.05) is 25.0 Å². The predicted molar refractivity (Wildman–Crippen MR) is 101 cm³/mol. The molecular weight excluding hydrogens is 351 g/mol. The minimum absolute atomic E-state index is 0.249. The van der Waals surface area contributed by atoms with E-state index in [0.717, 1.165) is 36.2 Å². The van der Waals surface area contributed by atoms with Gasteiger partial charge >= 0.3 is 0 Å². The first kappa shape index (κ1) is 17.2. The minimum Gasteiger partial charge on any atom is -0.262 e. The van der Waals surface area contributed by atoms with Gasteiger partial charge in [-0.15, -0.1) is 0 Å². The fourth-order valence-electron chi connectivity index (χ4n) is 3.98. The number of anilines is 1. The van der Waals surface area contributed by atoms with E-state index in [9.17, 15) is 12.8 Å². The van der Waals surface area contributed by atoms with Crippen molar-refractivity contribution in [3.63, 3.8) is 0 Å². The summed E-state index contributed by atoms with van der Waals surface area (Å²) < 4.78 is 36.7. The molecule has 4 nitrogen and oxygen atoms in total. The van der Waals surface area contributed by atoms with Crippen molar-refractivity contribution in [2.45, 2.75) is 36.6 Å². The van der Waals surface area contributed by atoms with Crippen LogP contribution in [-0.2, 0) is 9.84 Å². The van der Waals surface area contributed by atoms with Gasteiger partial charge in [0.05, 0.1) is 22.3 Å². The van der Waals surface area contributed by atoms with E-state index in [4.69, 9.17) is 5.10 Å². The molecule has 0 amide bonds. The maximum absolute atomic E-state index is 13.3. The topological polar surface area (TPSA) is 49.7 Å². The van der Waals surface area contributed by atoms with Gasteiger partial charge < -0.3 is 0 Å². The van der Waals surface area contributed by atoms with E-state index in [-0.39, 0.29) is 11.9 Å². The molecule has 1 fully saturated rings. The first-order valence-corrected chi connectivity index (χ1v) is 10.8. The Kier molecular flexibility index (Phi) is 4.31. The normalized spacial score (nSPS) is 22.8. The standard InChI is InChI=1S/C20H21FN2O2S/c1-26(24,25)17-12-10-16(11-13-17)23-19-5-3-2-4-18(19)20(22-23)14-6-8-15(21)9-7-14/h6-13,18-19H,2-5H2,1H3. The largest absolute Gasteiger partial charge is 0.262 e. The second-order valence-corrected chi connectivity index (χ2v) is 9.08. The molecule has 2 aromatic rings. The van der Waals surface area contributed by atoms with Crippen LogP contribution in [0.5, 0.6) is 0 Å². The lowest BCUT2D eigenvalue weighted by Crippen LogP contribution is -2.36. The summed E-state index contributed by atoms with van der Waals surface area (Å²) in [5, 5.41) is 6.90. The molecule has 0 bridgehead atoms. The average Bonchev–Trinajstić information content (AvgIpc) is 3.01. The van der Waals surface area contributed by atoms with Crippen molar-refractivity contribution in [3.8, 4) is 0 Å². The zero-order chi connectivity index (χ0) is 18.3. The summed E-state index contributed by atoms with van der Waals surface area (Å²) >= 11 is 0. The number of rotatable bonds is 3. The van der Waals surface area contributed by atoms with Crippen LogP contribution in [0.15, 0.2) is 58.5 Å². The summed E-state index contributed by atoms with van der Waals surface area (Å²) in [5.41, 5.74) is 2.85. The van der Waals surface area contributed by atoms with Gasteiger partial charge in [0.2, 0.25) is 0 Å². The number of hydrogen-bond donors (Lipinski definition) is 0.